The van der Waals surface area contributed by atoms with Crippen molar-refractivity contribution in [1.29, 1.82) is 0 Å². The van der Waals surface area contributed by atoms with E-state index in [0.717, 1.165) is 0 Å². The van der Waals surface area contributed by atoms with Gasteiger partial charge in [0.1, 0.15) is 5.75 Å². The van der Waals surface area contributed by atoms with E-state index < -0.39 is 11.5 Å². The molecular weight excluding hydrogens is 246 g/mol. The number of carbonyl (C=O) groups excluding carboxylic acids is 1. The normalized spacial score (nSPS) is 10.5. The Bertz CT molecular complexity index is 688. The molecule has 5 nitrogen and oxygen atoms in total. The predicted molar refractivity (Wildman–Crippen MR) is 71.7 cm³/mol. The molecule has 1 aromatic carbocycles. The van der Waals surface area contributed by atoms with E-state index in [-0.39, 0.29) is 17.9 Å². The Morgan fingerprint density at radius 2 is 2.00 bits per heavy atom. The number of hydrogen-bond donors (Lipinski definition) is 0. The average molecular weight is 261 g/mol. The van der Waals surface area contributed by atoms with E-state index in [0.29, 0.717) is 10.9 Å². The lowest BCUT2D eigenvalue weighted by Crippen LogP contribution is -2.27. The van der Waals surface area contributed by atoms with Gasteiger partial charge in [0.2, 0.25) is 0 Å². The summed E-state index contributed by atoms with van der Waals surface area (Å²) in [6.07, 6.45) is 0. The summed E-state index contributed by atoms with van der Waals surface area (Å²) in [5.74, 6) is -0.400. The highest BCUT2D eigenvalue weighted by atomic mass is 16.5. The highest BCUT2D eigenvalue weighted by Gasteiger charge is 2.22. The number of carbonyl (C=O) groups is 1. The number of fused-ring (bicyclic) bond motifs is 1. The molecule has 19 heavy (non-hydrogen) atoms. The molecule has 1 heterocycles. The minimum atomic E-state index is -0.661. The Morgan fingerprint density at radius 3 is 2.63 bits per heavy atom. The van der Waals surface area contributed by atoms with Crippen molar-refractivity contribution < 1.29 is 14.3 Å². The number of hydrogen-bond acceptors (Lipinski definition) is 4. The molecule has 0 atom stereocenters. The third kappa shape index (κ3) is 2.07. The number of esters is 1. The molecule has 5 heteroatoms. The number of aromatic nitrogens is 1. The van der Waals surface area contributed by atoms with Crippen molar-refractivity contribution in [2.75, 3.05) is 13.7 Å². The van der Waals surface area contributed by atoms with Gasteiger partial charge in [-0.3, -0.25) is 4.79 Å². The van der Waals surface area contributed by atoms with Crippen LogP contribution in [0.2, 0.25) is 0 Å². The van der Waals surface area contributed by atoms with E-state index in [1.54, 1.807) is 26.1 Å². The van der Waals surface area contributed by atoms with Gasteiger partial charge in [0.25, 0.3) is 5.56 Å². The fourth-order valence-electron chi connectivity index (χ4n) is 2.06. The second kappa shape index (κ2) is 5.14. The zero-order valence-electron chi connectivity index (χ0n) is 11.1. The summed E-state index contributed by atoms with van der Waals surface area (Å²) in [7, 11) is 3.05. The maximum absolute atomic E-state index is 12.3. The number of ether oxygens (including phenoxy) is 2. The number of benzene rings is 1. The Labute approximate surface area is 110 Å². The lowest BCUT2D eigenvalue weighted by molar-refractivity contribution is 0.0520. The molecule has 0 bridgehead atoms. The van der Waals surface area contributed by atoms with Gasteiger partial charge < -0.3 is 14.0 Å². The van der Waals surface area contributed by atoms with Gasteiger partial charge >= 0.3 is 5.97 Å². The van der Waals surface area contributed by atoms with Gasteiger partial charge in [-0.2, -0.15) is 0 Å². The maximum Gasteiger partial charge on any atom is 0.347 e. The molecule has 0 amide bonds. The van der Waals surface area contributed by atoms with Crippen LogP contribution in [0.4, 0.5) is 0 Å². The zero-order valence-corrected chi connectivity index (χ0v) is 11.1. The fourth-order valence-corrected chi connectivity index (χ4v) is 2.06. The van der Waals surface area contributed by atoms with E-state index in [1.807, 2.05) is 12.1 Å². The topological polar surface area (TPSA) is 57.5 Å². The summed E-state index contributed by atoms with van der Waals surface area (Å²) in [4.78, 5) is 24.2. The van der Waals surface area contributed by atoms with Crippen molar-refractivity contribution in [3.05, 3.63) is 40.2 Å². The first-order valence-electron chi connectivity index (χ1n) is 5.94. The molecule has 2 rings (SSSR count). The molecule has 0 saturated carbocycles. The third-order valence-electron chi connectivity index (χ3n) is 2.94. The number of methoxy groups -OCH3 is 1. The van der Waals surface area contributed by atoms with Crippen LogP contribution < -0.4 is 10.3 Å². The summed E-state index contributed by atoms with van der Waals surface area (Å²) in [5, 5.41) is 0.704. The van der Waals surface area contributed by atoms with Crippen LogP contribution in [0.15, 0.2) is 29.1 Å². The number of para-hydroxylation sites is 1. The molecule has 0 aliphatic carbocycles. The van der Waals surface area contributed by atoms with Gasteiger partial charge in [0.05, 0.1) is 19.2 Å². The average Bonchev–Trinajstić information content (AvgIpc) is 2.42. The molecule has 0 N–H and O–H groups in total. The molecular formula is C14H15NO4. The van der Waals surface area contributed by atoms with Gasteiger partial charge in [-0.1, -0.05) is 12.1 Å². The summed E-state index contributed by atoms with van der Waals surface area (Å²) in [6, 6.07) is 7.25. The van der Waals surface area contributed by atoms with Crippen LogP contribution in [0.5, 0.6) is 5.75 Å². The predicted octanol–water partition coefficient (Wildman–Crippen LogP) is 1.72. The molecule has 0 spiro atoms. The molecule has 0 unspecified atom stereocenters. The second-order valence-corrected chi connectivity index (χ2v) is 4.01. The monoisotopic (exact) mass is 261 g/mol. The van der Waals surface area contributed by atoms with Crippen LogP contribution in [-0.4, -0.2) is 24.3 Å². The third-order valence-corrected chi connectivity index (χ3v) is 2.94. The van der Waals surface area contributed by atoms with Crippen molar-refractivity contribution in [3.63, 3.8) is 0 Å². The highest BCUT2D eigenvalue weighted by molar-refractivity contribution is 5.99. The lowest BCUT2D eigenvalue weighted by Gasteiger charge is -2.13. The van der Waals surface area contributed by atoms with Crippen LogP contribution in [0, 0.1) is 0 Å². The standard InChI is InChI=1S/C14H15NO4/c1-4-19-14(17)11-12(18-3)9-7-5-6-8-10(9)15(2)13(11)16/h5-8H,4H2,1-3H3. The van der Waals surface area contributed by atoms with Crippen LogP contribution >= 0.6 is 0 Å². The Hall–Kier alpha value is -2.30. The minimum Gasteiger partial charge on any atom is -0.495 e. The van der Waals surface area contributed by atoms with Gasteiger partial charge in [-0.15, -0.1) is 0 Å². The minimum absolute atomic E-state index is 0.0643. The SMILES string of the molecule is CCOC(=O)c1c(OC)c2ccccc2n(C)c1=O. The Kier molecular flexibility index (Phi) is 3.55. The molecule has 100 valence electrons. The van der Waals surface area contributed by atoms with Crippen LogP contribution in [0.3, 0.4) is 0 Å². The molecule has 0 fully saturated rings. The zero-order chi connectivity index (χ0) is 14.0. The molecule has 1 aromatic heterocycles. The summed E-state index contributed by atoms with van der Waals surface area (Å²) in [6.45, 7) is 1.90. The lowest BCUT2D eigenvalue weighted by atomic mass is 10.1. The summed E-state index contributed by atoms with van der Waals surface area (Å²) < 4.78 is 11.6. The first-order valence-corrected chi connectivity index (χ1v) is 5.94. The van der Waals surface area contributed by atoms with E-state index >= 15 is 0 Å². The molecule has 0 saturated heterocycles. The van der Waals surface area contributed by atoms with Crippen molar-refractivity contribution in [2.45, 2.75) is 6.92 Å². The van der Waals surface area contributed by atoms with Crippen LogP contribution in [0.25, 0.3) is 10.9 Å². The van der Waals surface area contributed by atoms with E-state index in [2.05, 4.69) is 0 Å². The first kappa shape index (κ1) is 13.1. The molecule has 2 aromatic rings. The van der Waals surface area contributed by atoms with Crippen molar-refractivity contribution in [3.8, 4) is 5.75 Å². The van der Waals surface area contributed by atoms with Crippen molar-refractivity contribution in [1.82, 2.24) is 4.57 Å². The van der Waals surface area contributed by atoms with Gasteiger partial charge in [-0.05, 0) is 19.1 Å². The van der Waals surface area contributed by atoms with Gasteiger partial charge in [0, 0.05) is 12.4 Å². The van der Waals surface area contributed by atoms with Crippen molar-refractivity contribution in [2.24, 2.45) is 7.05 Å². The van der Waals surface area contributed by atoms with E-state index in [1.165, 1.54) is 11.7 Å². The van der Waals surface area contributed by atoms with Crippen molar-refractivity contribution >= 4 is 16.9 Å². The van der Waals surface area contributed by atoms with Gasteiger partial charge in [0.15, 0.2) is 5.56 Å². The second-order valence-electron chi connectivity index (χ2n) is 4.01. The van der Waals surface area contributed by atoms with Crippen LogP contribution in [-0.2, 0) is 11.8 Å². The van der Waals surface area contributed by atoms with Gasteiger partial charge in [-0.25, -0.2) is 4.79 Å². The molecule has 0 aliphatic rings. The number of nitrogens with zero attached hydrogens (tertiary/aromatic N) is 1. The number of pyridine rings is 1. The highest BCUT2D eigenvalue weighted by Crippen LogP contribution is 2.27. The molecule has 0 radical (unpaired) electrons. The maximum atomic E-state index is 12.3. The molecule has 0 aliphatic heterocycles. The fraction of sp³-hybridized carbons (Fsp3) is 0.286. The largest absolute Gasteiger partial charge is 0.495 e. The van der Waals surface area contributed by atoms with E-state index in [9.17, 15) is 9.59 Å². The number of rotatable bonds is 3. The quantitative estimate of drug-likeness (QED) is 0.789. The first-order chi connectivity index (χ1) is 9.11. The summed E-state index contributed by atoms with van der Waals surface area (Å²) in [5.41, 5.74) is 0.219. The van der Waals surface area contributed by atoms with Crippen LogP contribution in [0.1, 0.15) is 17.3 Å². The number of aryl methyl sites for hydroxylation is 1. The smallest absolute Gasteiger partial charge is 0.347 e. The Balaban J connectivity index is 2.87. The summed E-state index contributed by atoms with van der Waals surface area (Å²) >= 11 is 0. The van der Waals surface area contributed by atoms with E-state index in [4.69, 9.17) is 9.47 Å². The Morgan fingerprint density at radius 1 is 1.32 bits per heavy atom.